The molecule has 0 atom stereocenters. The van der Waals surface area contributed by atoms with E-state index in [9.17, 15) is 21.6 Å². The first-order valence-electron chi connectivity index (χ1n) is 5.05. The molecule has 0 saturated carbocycles. The predicted molar refractivity (Wildman–Crippen MR) is 65.8 cm³/mol. The Morgan fingerprint density at radius 1 is 1.21 bits per heavy atom. The Labute approximate surface area is 109 Å². The molecular formula is C12H11F3O3S. The highest BCUT2D eigenvalue weighted by atomic mass is 32.2. The van der Waals surface area contributed by atoms with Crippen LogP contribution in [0, 0.1) is 0 Å². The van der Waals surface area contributed by atoms with Gasteiger partial charge >= 0.3 is 6.18 Å². The monoisotopic (exact) mass is 292 g/mol. The number of hydrogen-bond acceptors (Lipinski definition) is 3. The molecule has 0 fully saturated rings. The van der Waals surface area contributed by atoms with E-state index in [0.29, 0.717) is 5.56 Å². The van der Waals surface area contributed by atoms with Crippen molar-refractivity contribution in [3.05, 3.63) is 42.5 Å². The smallest absolute Gasteiger partial charge is 0.257 e. The first-order chi connectivity index (χ1) is 8.71. The summed E-state index contributed by atoms with van der Waals surface area (Å²) in [6, 6.07) is 4.09. The van der Waals surface area contributed by atoms with Crippen LogP contribution in [0.2, 0.25) is 0 Å². The van der Waals surface area contributed by atoms with Gasteiger partial charge in [-0.25, -0.2) is 0 Å². The highest BCUT2D eigenvalue weighted by molar-refractivity contribution is 7.86. The van der Waals surface area contributed by atoms with Crippen LogP contribution >= 0.6 is 0 Å². The van der Waals surface area contributed by atoms with Crippen molar-refractivity contribution >= 4 is 22.3 Å². The molecule has 1 aromatic rings. The Balaban J connectivity index is 3.22. The van der Waals surface area contributed by atoms with E-state index < -0.39 is 22.9 Å². The van der Waals surface area contributed by atoms with Crippen molar-refractivity contribution in [1.29, 1.82) is 0 Å². The number of hydrogen-bond donors (Lipinski definition) is 0. The van der Waals surface area contributed by atoms with E-state index in [1.54, 1.807) is 6.07 Å². The fourth-order valence-electron chi connectivity index (χ4n) is 1.38. The molecule has 19 heavy (non-hydrogen) atoms. The van der Waals surface area contributed by atoms with Gasteiger partial charge in [0.1, 0.15) is 4.90 Å². The van der Waals surface area contributed by atoms with E-state index >= 15 is 0 Å². The zero-order chi connectivity index (χ0) is 14.7. The van der Waals surface area contributed by atoms with Crippen molar-refractivity contribution in [2.24, 2.45) is 0 Å². The maximum absolute atomic E-state index is 12.0. The second kappa shape index (κ2) is 5.58. The van der Waals surface area contributed by atoms with Crippen LogP contribution in [0.15, 0.2) is 36.3 Å². The number of benzene rings is 1. The highest BCUT2D eigenvalue weighted by Gasteiger charge is 2.32. The van der Waals surface area contributed by atoms with E-state index in [4.69, 9.17) is 0 Å². The van der Waals surface area contributed by atoms with Gasteiger partial charge in [-0.1, -0.05) is 37.4 Å². The molecule has 1 rings (SSSR count). The molecule has 0 bridgehead atoms. The van der Waals surface area contributed by atoms with Gasteiger partial charge < -0.3 is 0 Å². The summed E-state index contributed by atoms with van der Waals surface area (Å²) in [6.07, 6.45) is -2.13. The summed E-state index contributed by atoms with van der Waals surface area (Å²) in [6.45, 7) is 5.05. The van der Waals surface area contributed by atoms with Crippen molar-refractivity contribution < 1.29 is 25.8 Å². The third-order valence-corrected chi connectivity index (χ3v) is 3.49. The Morgan fingerprint density at radius 3 is 2.32 bits per heavy atom. The molecule has 0 aliphatic rings. The van der Waals surface area contributed by atoms with Crippen LogP contribution < -0.4 is 0 Å². The second-order valence-electron chi connectivity index (χ2n) is 3.50. The summed E-state index contributed by atoms with van der Waals surface area (Å²) in [5.74, 6) is 0. The van der Waals surface area contributed by atoms with Crippen LogP contribution in [0.1, 0.15) is 11.1 Å². The van der Waals surface area contributed by atoms with Gasteiger partial charge in [0.25, 0.3) is 10.1 Å². The first-order valence-corrected chi connectivity index (χ1v) is 6.46. The molecule has 0 heterocycles. The lowest BCUT2D eigenvalue weighted by Gasteiger charge is -2.11. The Morgan fingerprint density at radius 2 is 1.84 bits per heavy atom. The van der Waals surface area contributed by atoms with Crippen LogP contribution in [-0.4, -0.2) is 21.2 Å². The fraction of sp³-hybridized carbons (Fsp3) is 0.167. The molecule has 0 amide bonds. The lowest BCUT2D eigenvalue weighted by Crippen LogP contribution is -2.21. The molecule has 3 nitrogen and oxygen atoms in total. The molecule has 0 aliphatic heterocycles. The average molecular weight is 292 g/mol. The molecule has 0 N–H and O–H groups in total. The molecule has 0 unspecified atom stereocenters. The minimum Gasteiger partial charge on any atom is -0.257 e. The third-order valence-electron chi connectivity index (χ3n) is 2.17. The van der Waals surface area contributed by atoms with Crippen molar-refractivity contribution in [2.45, 2.75) is 11.1 Å². The van der Waals surface area contributed by atoms with Crippen LogP contribution in [0.5, 0.6) is 0 Å². The zero-order valence-electron chi connectivity index (χ0n) is 9.77. The molecule has 0 radical (unpaired) electrons. The van der Waals surface area contributed by atoms with Crippen molar-refractivity contribution in [1.82, 2.24) is 0 Å². The van der Waals surface area contributed by atoms with Gasteiger partial charge in [0.05, 0.1) is 0 Å². The largest absolute Gasteiger partial charge is 0.413 e. The van der Waals surface area contributed by atoms with Crippen molar-refractivity contribution in [2.75, 3.05) is 6.61 Å². The topological polar surface area (TPSA) is 43.4 Å². The van der Waals surface area contributed by atoms with Crippen LogP contribution in [0.4, 0.5) is 13.2 Å². The van der Waals surface area contributed by atoms with Gasteiger partial charge in [-0.3, -0.25) is 4.18 Å². The predicted octanol–water partition coefficient (Wildman–Crippen LogP) is 3.24. The molecule has 0 saturated heterocycles. The Hall–Kier alpha value is -1.60. The van der Waals surface area contributed by atoms with E-state index in [2.05, 4.69) is 17.3 Å². The molecule has 104 valence electrons. The van der Waals surface area contributed by atoms with E-state index in [1.165, 1.54) is 18.2 Å². The molecule has 7 heteroatoms. The fourth-order valence-corrected chi connectivity index (χ4v) is 2.51. The SMILES string of the molecule is C=Cc1cccc(S(=O)(=O)OCC(F)(F)F)c1C=C. The van der Waals surface area contributed by atoms with Crippen LogP contribution in [-0.2, 0) is 14.3 Å². The lowest BCUT2D eigenvalue weighted by molar-refractivity contribution is -0.152. The lowest BCUT2D eigenvalue weighted by atomic mass is 10.1. The molecule has 0 aromatic heterocycles. The normalized spacial score (nSPS) is 12.2. The van der Waals surface area contributed by atoms with Crippen LogP contribution in [0.3, 0.4) is 0 Å². The Bertz CT molecular complexity index is 589. The molecule has 0 aliphatic carbocycles. The minimum absolute atomic E-state index is 0.152. The average Bonchev–Trinajstić information content (AvgIpc) is 2.34. The molecular weight excluding hydrogens is 281 g/mol. The second-order valence-corrected chi connectivity index (χ2v) is 5.08. The van der Waals surface area contributed by atoms with Gasteiger partial charge in [-0.05, 0) is 11.6 Å². The van der Waals surface area contributed by atoms with Crippen molar-refractivity contribution in [3.8, 4) is 0 Å². The summed E-state index contributed by atoms with van der Waals surface area (Å²) in [4.78, 5) is -0.371. The first kappa shape index (κ1) is 15.5. The standard InChI is InChI=1S/C12H11F3O3S/c1-3-9-6-5-7-11(10(9)4-2)19(16,17)18-8-12(13,14)15/h3-7H,1-2,8H2. The summed E-state index contributed by atoms with van der Waals surface area (Å²) in [5.41, 5.74) is 0.589. The summed E-state index contributed by atoms with van der Waals surface area (Å²) < 4.78 is 63.4. The summed E-state index contributed by atoms with van der Waals surface area (Å²) >= 11 is 0. The van der Waals surface area contributed by atoms with E-state index in [1.807, 2.05) is 0 Å². The van der Waals surface area contributed by atoms with Crippen LogP contribution in [0.25, 0.3) is 12.2 Å². The third kappa shape index (κ3) is 3.93. The van der Waals surface area contributed by atoms with Crippen molar-refractivity contribution in [3.63, 3.8) is 0 Å². The van der Waals surface area contributed by atoms with Gasteiger partial charge in [0.15, 0.2) is 6.61 Å². The highest BCUT2D eigenvalue weighted by Crippen LogP contribution is 2.25. The maximum Gasteiger partial charge on any atom is 0.413 e. The molecule has 0 spiro atoms. The number of alkyl halides is 3. The minimum atomic E-state index is -4.72. The van der Waals surface area contributed by atoms with Gasteiger partial charge in [-0.15, -0.1) is 0 Å². The van der Waals surface area contributed by atoms with Gasteiger partial charge in [-0.2, -0.15) is 21.6 Å². The number of rotatable bonds is 5. The number of halogens is 3. The van der Waals surface area contributed by atoms with Gasteiger partial charge in [0.2, 0.25) is 0 Å². The van der Waals surface area contributed by atoms with Gasteiger partial charge in [0, 0.05) is 5.56 Å². The van der Waals surface area contributed by atoms with E-state index in [0.717, 1.165) is 6.07 Å². The zero-order valence-corrected chi connectivity index (χ0v) is 10.6. The maximum atomic E-state index is 12.0. The summed E-state index contributed by atoms with van der Waals surface area (Å²) in [5, 5.41) is 0. The summed E-state index contributed by atoms with van der Waals surface area (Å²) in [7, 11) is -4.51. The molecule has 1 aromatic carbocycles. The van der Waals surface area contributed by atoms with E-state index in [-0.39, 0.29) is 10.5 Å². The quantitative estimate of drug-likeness (QED) is 0.782. The Kier molecular flexibility index (Phi) is 4.54.